The van der Waals surface area contributed by atoms with Gasteiger partial charge in [0.15, 0.2) is 11.5 Å². The van der Waals surface area contributed by atoms with Gasteiger partial charge < -0.3 is 9.32 Å². The van der Waals surface area contributed by atoms with Crippen LogP contribution in [-0.4, -0.2) is 33.0 Å². The van der Waals surface area contributed by atoms with Gasteiger partial charge >= 0.3 is 0 Å². The number of para-hydroxylation sites is 1. The highest BCUT2D eigenvalue weighted by atomic mass is 32.1. The monoisotopic (exact) mass is 338 g/mol. The van der Waals surface area contributed by atoms with Gasteiger partial charge in [0.25, 0.3) is 5.91 Å². The van der Waals surface area contributed by atoms with Gasteiger partial charge in [0, 0.05) is 13.1 Å². The fourth-order valence-electron chi connectivity index (χ4n) is 2.45. The number of nitrogens with zero attached hydrogens (tertiary/aromatic N) is 3. The molecule has 0 spiro atoms. The maximum Gasteiger partial charge on any atom is 0.274 e. The van der Waals surface area contributed by atoms with Gasteiger partial charge in [0.2, 0.25) is 0 Å². The third-order valence-electron chi connectivity index (χ3n) is 3.64. The summed E-state index contributed by atoms with van der Waals surface area (Å²) in [6, 6.07) is 13.2. The van der Waals surface area contributed by atoms with E-state index in [1.807, 2.05) is 30.3 Å². The van der Waals surface area contributed by atoms with Crippen molar-refractivity contribution in [2.45, 2.75) is 6.54 Å². The number of H-pyrrole nitrogens is 1. The van der Waals surface area contributed by atoms with Gasteiger partial charge in [-0.2, -0.15) is 5.10 Å². The van der Waals surface area contributed by atoms with Crippen LogP contribution in [0.3, 0.4) is 0 Å². The van der Waals surface area contributed by atoms with Crippen LogP contribution in [0.15, 0.2) is 53.1 Å². The molecule has 1 aromatic carbocycles. The number of thiazole rings is 1. The molecule has 6 nitrogen and oxygen atoms in total. The van der Waals surface area contributed by atoms with Gasteiger partial charge in [-0.3, -0.25) is 9.89 Å². The molecular weight excluding hydrogens is 324 g/mol. The van der Waals surface area contributed by atoms with Crippen LogP contribution in [0.25, 0.3) is 21.7 Å². The number of rotatable bonds is 4. The molecule has 0 fully saturated rings. The predicted molar refractivity (Wildman–Crippen MR) is 91.7 cm³/mol. The summed E-state index contributed by atoms with van der Waals surface area (Å²) in [6.45, 7) is 0.446. The van der Waals surface area contributed by atoms with E-state index < -0.39 is 0 Å². The molecule has 0 radical (unpaired) electrons. The number of nitrogens with one attached hydrogen (secondary N) is 1. The van der Waals surface area contributed by atoms with E-state index in [0.717, 1.165) is 15.2 Å². The van der Waals surface area contributed by atoms with Crippen molar-refractivity contribution in [3.05, 3.63) is 59.4 Å². The molecule has 7 heteroatoms. The van der Waals surface area contributed by atoms with Gasteiger partial charge in [-0.15, -0.1) is 11.3 Å². The number of carbonyl (C=O) groups excluding carboxylic acids is 1. The van der Waals surface area contributed by atoms with Crippen LogP contribution in [0, 0.1) is 0 Å². The molecule has 4 rings (SSSR count). The van der Waals surface area contributed by atoms with Crippen molar-refractivity contribution in [3.63, 3.8) is 0 Å². The second kappa shape index (κ2) is 5.93. The molecule has 24 heavy (non-hydrogen) atoms. The largest absolute Gasteiger partial charge is 0.463 e. The predicted octanol–water partition coefficient (Wildman–Crippen LogP) is 3.55. The molecular formula is C17H14N4O2S. The SMILES string of the molecule is CN(Cc1nc2ccccc2s1)C(=O)c1cc(-c2ccco2)[nH]n1. The number of hydrogen-bond donors (Lipinski definition) is 1. The lowest BCUT2D eigenvalue weighted by Gasteiger charge is -2.13. The van der Waals surface area contributed by atoms with E-state index in [2.05, 4.69) is 15.2 Å². The summed E-state index contributed by atoms with van der Waals surface area (Å²) in [7, 11) is 1.75. The van der Waals surface area contributed by atoms with Crippen molar-refractivity contribution in [3.8, 4) is 11.5 Å². The van der Waals surface area contributed by atoms with Gasteiger partial charge in [-0.05, 0) is 24.3 Å². The highest BCUT2D eigenvalue weighted by Gasteiger charge is 2.18. The fraction of sp³-hybridized carbons (Fsp3) is 0.118. The van der Waals surface area contributed by atoms with Gasteiger partial charge in [-0.25, -0.2) is 4.98 Å². The number of amides is 1. The lowest BCUT2D eigenvalue weighted by atomic mass is 10.3. The Morgan fingerprint density at radius 3 is 2.96 bits per heavy atom. The van der Waals surface area contributed by atoms with Crippen LogP contribution >= 0.6 is 11.3 Å². The first kappa shape index (κ1) is 14.6. The van der Waals surface area contributed by atoms with Crippen LogP contribution in [0.4, 0.5) is 0 Å². The molecule has 0 saturated heterocycles. The Balaban J connectivity index is 1.51. The number of fused-ring (bicyclic) bond motifs is 1. The summed E-state index contributed by atoms with van der Waals surface area (Å²) in [5.74, 6) is 0.485. The lowest BCUT2D eigenvalue weighted by Crippen LogP contribution is -2.26. The molecule has 120 valence electrons. The average molecular weight is 338 g/mol. The first-order valence-corrected chi connectivity index (χ1v) is 8.21. The topological polar surface area (TPSA) is 75.0 Å². The summed E-state index contributed by atoms with van der Waals surface area (Å²) < 4.78 is 6.42. The highest BCUT2D eigenvalue weighted by Crippen LogP contribution is 2.23. The van der Waals surface area contributed by atoms with Crippen molar-refractivity contribution in [2.75, 3.05) is 7.05 Å². The van der Waals surface area contributed by atoms with Crippen LogP contribution in [0.2, 0.25) is 0 Å². The maximum absolute atomic E-state index is 12.5. The lowest BCUT2D eigenvalue weighted by molar-refractivity contribution is 0.0779. The molecule has 3 aromatic heterocycles. The van der Waals surface area contributed by atoms with E-state index in [-0.39, 0.29) is 5.91 Å². The Hall–Kier alpha value is -2.93. The van der Waals surface area contributed by atoms with Crippen molar-refractivity contribution < 1.29 is 9.21 Å². The minimum absolute atomic E-state index is 0.164. The molecule has 0 unspecified atom stereocenters. The molecule has 4 aromatic rings. The van der Waals surface area contributed by atoms with Gasteiger partial charge in [0.05, 0.1) is 23.0 Å². The van der Waals surface area contributed by atoms with E-state index in [0.29, 0.717) is 23.7 Å². The zero-order valence-corrected chi connectivity index (χ0v) is 13.7. The van der Waals surface area contributed by atoms with E-state index >= 15 is 0 Å². The summed E-state index contributed by atoms with van der Waals surface area (Å²) in [5.41, 5.74) is 1.99. The second-order valence-corrected chi connectivity index (χ2v) is 6.50. The minimum atomic E-state index is -0.164. The van der Waals surface area contributed by atoms with Crippen LogP contribution in [0.5, 0.6) is 0 Å². The third kappa shape index (κ3) is 2.69. The summed E-state index contributed by atoms with van der Waals surface area (Å²) in [5, 5.41) is 7.81. The second-order valence-electron chi connectivity index (χ2n) is 5.38. The number of carbonyl (C=O) groups is 1. The van der Waals surface area contributed by atoms with E-state index in [1.165, 1.54) is 0 Å². The molecule has 0 saturated carbocycles. The van der Waals surface area contributed by atoms with Crippen LogP contribution in [-0.2, 0) is 6.54 Å². The van der Waals surface area contributed by atoms with E-state index in [9.17, 15) is 4.79 Å². The minimum Gasteiger partial charge on any atom is -0.463 e. The molecule has 1 amide bonds. The highest BCUT2D eigenvalue weighted by molar-refractivity contribution is 7.18. The molecule has 3 heterocycles. The van der Waals surface area contributed by atoms with Crippen LogP contribution < -0.4 is 0 Å². The normalized spacial score (nSPS) is 11.0. The molecule has 0 bridgehead atoms. The summed E-state index contributed by atoms with van der Waals surface area (Å²) in [4.78, 5) is 18.7. The number of furan rings is 1. The summed E-state index contributed by atoms with van der Waals surface area (Å²) in [6.07, 6.45) is 1.58. The zero-order valence-electron chi connectivity index (χ0n) is 12.9. The average Bonchev–Trinajstić information content (AvgIpc) is 3.32. The first-order chi connectivity index (χ1) is 11.7. The van der Waals surface area contributed by atoms with Gasteiger partial charge in [-0.1, -0.05) is 12.1 Å². The Bertz CT molecular complexity index is 954. The fourth-order valence-corrected chi connectivity index (χ4v) is 3.47. The molecule has 0 aliphatic carbocycles. The molecule has 0 aliphatic heterocycles. The quantitative estimate of drug-likeness (QED) is 0.617. The summed E-state index contributed by atoms with van der Waals surface area (Å²) >= 11 is 1.59. The first-order valence-electron chi connectivity index (χ1n) is 7.40. The molecule has 0 aliphatic rings. The number of hydrogen-bond acceptors (Lipinski definition) is 5. The van der Waals surface area contributed by atoms with Crippen molar-refractivity contribution in [1.29, 1.82) is 0 Å². The molecule has 1 N–H and O–H groups in total. The smallest absolute Gasteiger partial charge is 0.274 e. The Morgan fingerprint density at radius 1 is 1.29 bits per heavy atom. The van der Waals surface area contributed by atoms with E-state index in [4.69, 9.17) is 4.42 Å². The van der Waals surface area contributed by atoms with Crippen molar-refractivity contribution in [2.24, 2.45) is 0 Å². The van der Waals surface area contributed by atoms with Crippen molar-refractivity contribution >= 4 is 27.5 Å². The standard InChI is InChI=1S/C17H14N4O2S/c1-21(10-16-18-11-5-2-3-7-15(11)24-16)17(22)13-9-12(19-20-13)14-6-4-8-23-14/h2-9H,10H2,1H3,(H,19,20). The van der Waals surface area contributed by atoms with Gasteiger partial charge in [0.1, 0.15) is 10.7 Å². The Kier molecular flexibility index (Phi) is 3.62. The van der Waals surface area contributed by atoms with Crippen LogP contribution in [0.1, 0.15) is 15.5 Å². The van der Waals surface area contributed by atoms with Crippen molar-refractivity contribution in [1.82, 2.24) is 20.1 Å². The Morgan fingerprint density at radius 2 is 2.17 bits per heavy atom. The third-order valence-corrected chi connectivity index (χ3v) is 4.66. The Labute approximate surface area is 141 Å². The number of benzene rings is 1. The van der Waals surface area contributed by atoms with E-state index in [1.54, 1.807) is 41.7 Å². The maximum atomic E-state index is 12.5. The number of aromatic nitrogens is 3. The zero-order chi connectivity index (χ0) is 16.5. The number of aromatic amines is 1. The molecule has 0 atom stereocenters.